The Bertz CT molecular complexity index is 876. The summed E-state index contributed by atoms with van der Waals surface area (Å²) in [5.41, 5.74) is 3.38. The summed E-state index contributed by atoms with van der Waals surface area (Å²) in [6.45, 7) is -0.0228. The summed E-state index contributed by atoms with van der Waals surface area (Å²) in [6.07, 6.45) is 3.35. The van der Waals surface area contributed by atoms with Crippen LogP contribution >= 0.6 is 0 Å². The number of carbonyl (C=O) groups is 1. The van der Waals surface area contributed by atoms with Crippen LogP contribution in [0.15, 0.2) is 36.7 Å². The minimum atomic E-state index is -0.510. The number of rotatable bonds is 3. The quantitative estimate of drug-likeness (QED) is 0.688. The average Bonchev–Trinajstić information content (AvgIpc) is 2.97. The van der Waals surface area contributed by atoms with E-state index in [0.717, 1.165) is 27.7 Å². The van der Waals surface area contributed by atoms with E-state index in [1.807, 2.05) is 18.2 Å². The van der Waals surface area contributed by atoms with Gasteiger partial charge in [-0.3, -0.25) is 10.1 Å². The minimum absolute atomic E-state index is 0.0228. The third kappa shape index (κ3) is 2.31. The number of fused-ring (bicyclic) bond motifs is 2. The number of H-pyrrole nitrogens is 1. The van der Waals surface area contributed by atoms with E-state index in [9.17, 15) is 9.90 Å². The van der Waals surface area contributed by atoms with Crippen molar-refractivity contribution in [1.82, 2.24) is 20.5 Å². The van der Waals surface area contributed by atoms with Gasteiger partial charge in [-0.15, -0.1) is 0 Å². The van der Waals surface area contributed by atoms with E-state index in [0.29, 0.717) is 12.2 Å². The summed E-state index contributed by atoms with van der Waals surface area (Å²) in [4.78, 5) is 15.6. The molecule has 1 aliphatic rings. The number of aromatic amines is 1. The van der Waals surface area contributed by atoms with E-state index in [-0.39, 0.29) is 12.6 Å². The second-order valence-corrected chi connectivity index (χ2v) is 5.34. The molecule has 1 amide bonds. The van der Waals surface area contributed by atoms with Crippen molar-refractivity contribution in [1.29, 1.82) is 0 Å². The second kappa shape index (κ2) is 5.36. The smallest absolute Gasteiger partial charge is 0.410 e. The fraction of sp³-hybridized carbons (Fsp3) is 0.188. The number of hydrogen-bond donors (Lipinski definition) is 3. The zero-order valence-corrected chi connectivity index (χ0v) is 12.1. The maximum Gasteiger partial charge on any atom is 0.413 e. The predicted octanol–water partition coefficient (Wildman–Crippen LogP) is 2.15. The second-order valence-electron chi connectivity index (χ2n) is 5.34. The molecule has 7 heteroatoms. The molecule has 0 saturated heterocycles. The summed E-state index contributed by atoms with van der Waals surface area (Å²) in [5, 5.41) is 20.2. The first-order valence-corrected chi connectivity index (χ1v) is 7.28. The first-order valence-electron chi connectivity index (χ1n) is 7.28. The monoisotopic (exact) mass is 310 g/mol. The number of hydrogen-bond acceptors (Lipinski definition) is 5. The third-order valence-corrected chi connectivity index (χ3v) is 3.93. The lowest BCUT2D eigenvalue weighted by atomic mass is 9.98. The molecule has 3 aromatic rings. The highest BCUT2D eigenvalue weighted by Gasteiger charge is 2.27. The molecule has 1 unspecified atom stereocenters. The predicted molar refractivity (Wildman–Crippen MR) is 82.9 cm³/mol. The van der Waals surface area contributed by atoms with Crippen LogP contribution in [0.5, 0.6) is 5.75 Å². The van der Waals surface area contributed by atoms with Crippen LogP contribution in [0.2, 0.25) is 0 Å². The summed E-state index contributed by atoms with van der Waals surface area (Å²) < 4.78 is 5.24. The Morgan fingerprint density at radius 1 is 1.26 bits per heavy atom. The number of aliphatic hydroxyl groups excluding tert-OH is 1. The summed E-state index contributed by atoms with van der Waals surface area (Å²) in [6, 6.07) is 7.22. The van der Waals surface area contributed by atoms with E-state index in [2.05, 4.69) is 20.5 Å². The number of ether oxygens (including phenoxy) is 1. The molecule has 0 saturated carbocycles. The number of nitrogens with zero attached hydrogens (tertiary/aromatic N) is 2. The number of amides is 1. The number of pyridine rings is 1. The summed E-state index contributed by atoms with van der Waals surface area (Å²) in [5.74, 6) is 0.490. The molecule has 1 aromatic carbocycles. The molecule has 0 radical (unpaired) electrons. The van der Waals surface area contributed by atoms with Crippen molar-refractivity contribution in [3.63, 3.8) is 0 Å². The maximum absolute atomic E-state index is 11.6. The highest BCUT2D eigenvalue weighted by molar-refractivity contribution is 5.95. The highest BCUT2D eigenvalue weighted by atomic mass is 16.6. The summed E-state index contributed by atoms with van der Waals surface area (Å²) in [7, 11) is 0. The van der Waals surface area contributed by atoms with Crippen LogP contribution in [0.3, 0.4) is 0 Å². The van der Waals surface area contributed by atoms with Gasteiger partial charge in [-0.1, -0.05) is 0 Å². The fourth-order valence-electron chi connectivity index (χ4n) is 2.86. The van der Waals surface area contributed by atoms with Gasteiger partial charge in [0.15, 0.2) is 0 Å². The molecule has 0 spiro atoms. The molecular formula is C16H14N4O3. The molecule has 1 aliphatic heterocycles. The molecule has 0 aliphatic carbocycles. The van der Waals surface area contributed by atoms with Crippen molar-refractivity contribution in [3.05, 3.63) is 42.2 Å². The van der Waals surface area contributed by atoms with E-state index in [1.54, 1.807) is 18.5 Å². The molecule has 116 valence electrons. The molecule has 2 aromatic heterocycles. The van der Waals surface area contributed by atoms with E-state index in [4.69, 9.17) is 4.74 Å². The maximum atomic E-state index is 11.6. The van der Waals surface area contributed by atoms with Crippen LogP contribution in [0.25, 0.3) is 22.2 Å². The Morgan fingerprint density at radius 2 is 2.09 bits per heavy atom. The Hall–Kier alpha value is -2.93. The third-order valence-electron chi connectivity index (χ3n) is 3.93. The molecule has 0 bridgehead atoms. The Balaban J connectivity index is 1.88. The standard InChI is InChI=1S/C16H14N4O3/c21-6-3-12-10-7-11-13(8-14(10)23-16(22)18-12)19-20-15(11)9-1-4-17-5-2-9/h1-2,4-5,7-8,12,21H,3,6H2,(H,18,22)(H,19,20). The average molecular weight is 310 g/mol. The first kappa shape index (κ1) is 13.7. The van der Waals surface area contributed by atoms with Gasteiger partial charge >= 0.3 is 6.09 Å². The van der Waals surface area contributed by atoms with E-state index >= 15 is 0 Å². The lowest BCUT2D eigenvalue weighted by Gasteiger charge is -2.25. The Kier molecular flexibility index (Phi) is 3.20. The van der Waals surface area contributed by atoms with Crippen LogP contribution in [-0.4, -0.2) is 33.0 Å². The number of aromatic nitrogens is 3. The van der Waals surface area contributed by atoms with Crippen LogP contribution in [-0.2, 0) is 0 Å². The lowest BCUT2D eigenvalue weighted by Crippen LogP contribution is -2.36. The van der Waals surface area contributed by atoms with Gasteiger partial charge in [0.2, 0.25) is 0 Å². The molecule has 3 heterocycles. The molecule has 1 atom stereocenters. The van der Waals surface area contributed by atoms with Crippen LogP contribution in [0, 0.1) is 0 Å². The van der Waals surface area contributed by atoms with Crippen molar-refractivity contribution in [3.8, 4) is 17.0 Å². The minimum Gasteiger partial charge on any atom is -0.410 e. The van der Waals surface area contributed by atoms with Gasteiger partial charge in [0.1, 0.15) is 11.4 Å². The van der Waals surface area contributed by atoms with Crippen LogP contribution < -0.4 is 10.1 Å². The fourth-order valence-corrected chi connectivity index (χ4v) is 2.86. The van der Waals surface area contributed by atoms with Gasteiger partial charge in [-0.2, -0.15) is 5.10 Å². The number of carbonyl (C=O) groups excluding carboxylic acids is 1. The van der Waals surface area contributed by atoms with E-state index < -0.39 is 6.09 Å². The molecule has 7 nitrogen and oxygen atoms in total. The van der Waals surface area contributed by atoms with Gasteiger partial charge in [-0.05, 0) is 24.6 Å². The zero-order valence-electron chi connectivity index (χ0n) is 12.1. The zero-order chi connectivity index (χ0) is 15.8. The van der Waals surface area contributed by atoms with Crippen molar-refractivity contribution in [2.24, 2.45) is 0 Å². The molecule has 23 heavy (non-hydrogen) atoms. The topological polar surface area (TPSA) is 100 Å². The summed E-state index contributed by atoms with van der Waals surface area (Å²) >= 11 is 0. The lowest BCUT2D eigenvalue weighted by molar-refractivity contribution is 0.182. The Labute approximate surface area is 131 Å². The highest BCUT2D eigenvalue weighted by Crippen LogP contribution is 2.37. The van der Waals surface area contributed by atoms with Crippen LogP contribution in [0.4, 0.5) is 4.79 Å². The van der Waals surface area contributed by atoms with Gasteiger partial charge < -0.3 is 15.2 Å². The van der Waals surface area contributed by atoms with Crippen molar-refractivity contribution in [2.45, 2.75) is 12.5 Å². The van der Waals surface area contributed by atoms with Gasteiger partial charge in [0.05, 0.1) is 11.6 Å². The van der Waals surface area contributed by atoms with E-state index in [1.165, 1.54) is 0 Å². The van der Waals surface area contributed by atoms with Crippen LogP contribution in [0.1, 0.15) is 18.0 Å². The number of nitrogens with one attached hydrogen (secondary N) is 2. The van der Waals surface area contributed by atoms with Gasteiger partial charge in [0, 0.05) is 41.6 Å². The normalized spacial score (nSPS) is 16.7. The van der Waals surface area contributed by atoms with Crippen molar-refractivity contribution < 1.29 is 14.6 Å². The van der Waals surface area contributed by atoms with Crippen molar-refractivity contribution >= 4 is 17.0 Å². The number of aliphatic hydroxyl groups is 1. The van der Waals surface area contributed by atoms with Gasteiger partial charge in [-0.25, -0.2) is 4.79 Å². The number of benzene rings is 1. The SMILES string of the molecule is O=C1NC(CCO)c2cc3c(-c4ccncc4)n[nH]c3cc2O1. The molecule has 3 N–H and O–H groups in total. The first-order chi connectivity index (χ1) is 11.3. The largest absolute Gasteiger partial charge is 0.413 e. The van der Waals surface area contributed by atoms with Gasteiger partial charge in [0.25, 0.3) is 0 Å². The molecule has 4 rings (SSSR count). The van der Waals surface area contributed by atoms with Crippen molar-refractivity contribution in [2.75, 3.05) is 6.61 Å². The molecular weight excluding hydrogens is 296 g/mol. The molecule has 0 fully saturated rings. The Morgan fingerprint density at radius 3 is 2.87 bits per heavy atom.